The number of aromatic nitrogens is 1. The first kappa shape index (κ1) is 12.9. The van der Waals surface area contributed by atoms with Crippen LogP contribution in [0.5, 0.6) is 0 Å². The zero-order valence-corrected chi connectivity index (χ0v) is 7.88. The third-order valence-electron chi connectivity index (χ3n) is 1.57. The van der Waals surface area contributed by atoms with Gasteiger partial charge in [-0.2, -0.15) is 17.6 Å². The quantitative estimate of drug-likeness (QED) is 0.616. The van der Waals surface area contributed by atoms with Gasteiger partial charge >= 0.3 is 18.1 Å². The van der Waals surface area contributed by atoms with Gasteiger partial charge in [0.2, 0.25) is 5.95 Å². The highest BCUT2D eigenvalue weighted by Crippen LogP contribution is 2.19. The Hall–Kier alpha value is -2.19. The largest absolute Gasteiger partial charge is 0.477 e. The summed E-state index contributed by atoms with van der Waals surface area (Å²) in [6, 6.07) is 1.44. The molecule has 0 aromatic carbocycles. The minimum absolute atomic E-state index is 0.676. The molecule has 1 aromatic rings. The van der Waals surface area contributed by atoms with Gasteiger partial charge in [0.1, 0.15) is 0 Å². The first-order valence-electron chi connectivity index (χ1n) is 4.00. The molecule has 2 N–H and O–H groups in total. The number of alkyl halides is 3. The van der Waals surface area contributed by atoms with Crippen LogP contribution >= 0.6 is 0 Å². The van der Waals surface area contributed by atoms with Crippen molar-refractivity contribution >= 4 is 17.6 Å². The Morgan fingerprint density at radius 3 is 2.29 bits per heavy atom. The molecule has 0 saturated heterocycles. The molecule has 1 aromatic heterocycles. The minimum Gasteiger partial charge on any atom is -0.477 e. The molecule has 17 heavy (non-hydrogen) atoms. The summed E-state index contributed by atoms with van der Waals surface area (Å²) in [5.74, 6) is -5.43. The number of pyridine rings is 1. The second-order valence-corrected chi connectivity index (χ2v) is 2.79. The molecule has 1 rings (SSSR count). The smallest absolute Gasteiger partial charge is 0.471 e. The molecule has 0 unspecified atom stereocenters. The molecule has 0 saturated carbocycles. The maximum atomic E-state index is 13.0. The van der Waals surface area contributed by atoms with Crippen LogP contribution in [0.15, 0.2) is 12.1 Å². The monoisotopic (exact) mass is 252 g/mol. The van der Waals surface area contributed by atoms with E-state index in [1.165, 1.54) is 5.32 Å². The van der Waals surface area contributed by atoms with Gasteiger partial charge in [0.15, 0.2) is 5.69 Å². The van der Waals surface area contributed by atoms with Crippen molar-refractivity contribution < 1.29 is 32.3 Å². The van der Waals surface area contributed by atoms with Crippen LogP contribution < -0.4 is 5.32 Å². The van der Waals surface area contributed by atoms with Gasteiger partial charge in [0.25, 0.3) is 0 Å². The van der Waals surface area contributed by atoms with Gasteiger partial charge in [-0.05, 0) is 12.1 Å². The molecule has 0 spiro atoms. The first-order valence-corrected chi connectivity index (χ1v) is 4.00. The number of carboxylic acids is 1. The van der Waals surface area contributed by atoms with Crippen molar-refractivity contribution in [3.05, 3.63) is 23.8 Å². The number of nitrogens with zero attached hydrogens (tertiary/aromatic N) is 1. The highest BCUT2D eigenvalue weighted by molar-refractivity contribution is 5.95. The van der Waals surface area contributed by atoms with E-state index in [1.807, 2.05) is 0 Å². The number of halogens is 4. The fourth-order valence-corrected chi connectivity index (χ4v) is 0.840. The summed E-state index contributed by atoms with van der Waals surface area (Å²) in [5, 5.41) is 9.64. The molecule has 9 heteroatoms. The Bertz CT molecular complexity index is 472. The highest BCUT2D eigenvalue weighted by atomic mass is 19.4. The molecule has 0 bridgehead atoms. The lowest BCUT2D eigenvalue weighted by Crippen LogP contribution is -2.30. The number of hydrogen-bond donors (Lipinski definition) is 2. The van der Waals surface area contributed by atoms with E-state index < -0.39 is 35.4 Å². The Balaban J connectivity index is 2.95. The Morgan fingerprint density at radius 2 is 1.88 bits per heavy atom. The topological polar surface area (TPSA) is 79.3 Å². The summed E-state index contributed by atoms with van der Waals surface area (Å²) in [6.45, 7) is 0. The molecule has 0 aliphatic rings. The predicted molar refractivity (Wildman–Crippen MR) is 45.8 cm³/mol. The fraction of sp³-hybridized carbons (Fsp3) is 0.125. The van der Waals surface area contributed by atoms with Crippen molar-refractivity contribution in [2.75, 3.05) is 5.32 Å². The molecule has 0 radical (unpaired) electrons. The van der Waals surface area contributed by atoms with E-state index in [-0.39, 0.29) is 0 Å². The van der Waals surface area contributed by atoms with Gasteiger partial charge in [-0.15, -0.1) is 0 Å². The molecule has 92 valence electrons. The van der Waals surface area contributed by atoms with E-state index in [0.29, 0.717) is 6.07 Å². The highest BCUT2D eigenvalue weighted by Gasteiger charge is 2.39. The zero-order valence-electron chi connectivity index (χ0n) is 7.88. The lowest BCUT2D eigenvalue weighted by molar-refractivity contribution is -0.167. The van der Waals surface area contributed by atoms with Gasteiger partial charge < -0.3 is 10.4 Å². The average Bonchev–Trinajstić information content (AvgIpc) is 2.19. The minimum atomic E-state index is -5.17. The lowest BCUT2D eigenvalue weighted by atomic mass is 10.3. The van der Waals surface area contributed by atoms with Gasteiger partial charge in [0, 0.05) is 0 Å². The molecule has 5 nitrogen and oxygen atoms in total. The summed E-state index contributed by atoms with van der Waals surface area (Å²) in [7, 11) is 0. The van der Waals surface area contributed by atoms with E-state index in [4.69, 9.17) is 5.11 Å². The number of anilines is 1. The molecular weight excluding hydrogens is 248 g/mol. The van der Waals surface area contributed by atoms with Crippen molar-refractivity contribution in [3.8, 4) is 0 Å². The molecule has 1 heterocycles. The van der Waals surface area contributed by atoms with Crippen LogP contribution in [0.2, 0.25) is 0 Å². The van der Waals surface area contributed by atoms with E-state index in [9.17, 15) is 27.2 Å². The van der Waals surface area contributed by atoms with Crippen LogP contribution in [0.25, 0.3) is 0 Å². The van der Waals surface area contributed by atoms with Crippen molar-refractivity contribution in [2.45, 2.75) is 6.18 Å². The Morgan fingerprint density at radius 1 is 1.29 bits per heavy atom. The third kappa shape index (κ3) is 3.13. The van der Waals surface area contributed by atoms with Crippen LogP contribution in [0.1, 0.15) is 10.5 Å². The second-order valence-electron chi connectivity index (χ2n) is 2.79. The summed E-state index contributed by atoms with van der Waals surface area (Å²) in [5.41, 5.74) is -1.54. The molecule has 0 atom stereocenters. The van der Waals surface area contributed by atoms with Gasteiger partial charge in [-0.1, -0.05) is 0 Å². The number of nitrogens with one attached hydrogen (secondary N) is 1. The van der Waals surface area contributed by atoms with E-state index in [2.05, 4.69) is 4.98 Å². The summed E-state index contributed by atoms with van der Waals surface area (Å²) < 4.78 is 48.5. The summed E-state index contributed by atoms with van der Waals surface area (Å²) in [6.07, 6.45) is -5.17. The van der Waals surface area contributed by atoms with Crippen LogP contribution in [0, 0.1) is 5.95 Å². The number of carboxylic acid groups (broad SMARTS) is 1. The number of hydrogen-bond acceptors (Lipinski definition) is 3. The zero-order chi connectivity index (χ0) is 13.2. The van der Waals surface area contributed by atoms with Gasteiger partial charge in [-0.3, -0.25) is 4.79 Å². The molecule has 0 aliphatic heterocycles. The van der Waals surface area contributed by atoms with Crippen molar-refractivity contribution in [3.63, 3.8) is 0 Å². The summed E-state index contributed by atoms with van der Waals surface area (Å²) >= 11 is 0. The van der Waals surface area contributed by atoms with Gasteiger partial charge in [0.05, 0.1) is 5.69 Å². The molecule has 1 amide bonds. The standard InChI is InChI=1S/C8H4F4N2O3/c9-5-3(14-7(17)8(10,11)12)1-2-4(13-5)6(15)16/h1-2H,(H,14,17)(H,15,16). The molecule has 0 fully saturated rings. The third-order valence-corrected chi connectivity index (χ3v) is 1.57. The molecule has 0 aliphatic carbocycles. The number of amides is 1. The fourth-order valence-electron chi connectivity index (χ4n) is 0.840. The first-order chi connectivity index (χ1) is 7.71. The number of rotatable bonds is 2. The van der Waals surface area contributed by atoms with Crippen LogP contribution in [-0.4, -0.2) is 28.1 Å². The Labute approximate surface area is 91.1 Å². The Kier molecular flexibility index (Phi) is 3.30. The van der Waals surface area contributed by atoms with E-state index in [0.717, 1.165) is 6.07 Å². The van der Waals surface area contributed by atoms with Crippen molar-refractivity contribution in [2.24, 2.45) is 0 Å². The van der Waals surface area contributed by atoms with Crippen molar-refractivity contribution in [1.29, 1.82) is 0 Å². The second kappa shape index (κ2) is 4.36. The number of carbonyl (C=O) groups excluding carboxylic acids is 1. The lowest BCUT2D eigenvalue weighted by Gasteiger charge is -2.08. The van der Waals surface area contributed by atoms with Crippen LogP contribution in [-0.2, 0) is 4.79 Å². The van der Waals surface area contributed by atoms with E-state index in [1.54, 1.807) is 0 Å². The predicted octanol–water partition coefficient (Wildman–Crippen LogP) is 1.42. The maximum absolute atomic E-state index is 13.0. The van der Waals surface area contributed by atoms with Crippen LogP contribution in [0.4, 0.5) is 23.2 Å². The van der Waals surface area contributed by atoms with Crippen molar-refractivity contribution in [1.82, 2.24) is 4.98 Å². The number of carbonyl (C=O) groups is 2. The number of aromatic carboxylic acids is 1. The maximum Gasteiger partial charge on any atom is 0.471 e. The van der Waals surface area contributed by atoms with Crippen LogP contribution in [0.3, 0.4) is 0 Å². The molecular formula is C8H4F4N2O3. The normalized spacial score (nSPS) is 11.1. The SMILES string of the molecule is O=C(O)c1ccc(NC(=O)C(F)(F)F)c(F)n1. The van der Waals surface area contributed by atoms with E-state index >= 15 is 0 Å². The average molecular weight is 252 g/mol. The summed E-state index contributed by atoms with van der Waals surface area (Å²) in [4.78, 5) is 23.7. The van der Waals surface area contributed by atoms with Gasteiger partial charge in [-0.25, -0.2) is 9.78 Å².